The monoisotopic (exact) mass is 288 g/mol. The largest absolute Gasteiger partial charge is 0.489 e. The van der Waals surface area contributed by atoms with Crippen molar-refractivity contribution in [1.82, 2.24) is 0 Å². The van der Waals surface area contributed by atoms with E-state index >= 15 is 0 Å². The van der Waals surface area contributed by atoms with Crippen LogP contribution in [0.3, 0.4) is 0 Å². The van der Waals surface area contributed by atoms with Crippen LogP contribution in [0.2, 0.25) is 0 Å². The SMILES string of the molecule is OCCSCC1Cc2cc(Br)ccc2O1. The van der Waals surface area contributed by atoms with Gasteiger partial charge in [0.25, 0.3) is 0 Å². The smallest absolute Gasteiger partial charge is 0.123 e. The van der Waals surface area contributed by atoms with E-state index in [4.69, 9.17) is 9.84 Å². The first-order chi connectivity index (χ1) is 7.29. The van der Waals surface area contributed by atoms with E-state index in [1.807, 2.05) is 12.1 Å². The third-order valence-corrected chi connectivity index (χ3v) is 3.88. The molecular weight excluding hydrogens is 276 g/mol. The van der Waals surface area contributed by atoms with Crippen LogP contribution in [0.1, 0.15) is 5.56 Å². The van der Waals surface area contributed by atoms with Crippen molar-refractivity contribution in [3.8, 4) is 5.75 Å². The zero-order valence-corrected chi connectivity index (χ0v) is 10.7. The summed E-state index contributed by atoms with van der Waals surface area (Å²) in [5.41, 5.74) is 1.28. The van der Waals surface area contributed by atoms with E-state index in [-0.39, 0.29) is 12.7 Å². The van der Waals surface area contributed by atoms with Crippen LogP contribution in [0.15, 0.2) is 22.7 Å². The highest BCUT2D eigenvalue weighted by Gasteiger charge is 2.22. The fourth-order valence-corrected chi connectivity index (χ4v) is 2.81. The van der Waals surface area contributed by atoms with Crippen molar-refractivity contribution in [1.29, 1.82) is 0 Å². The zero-order chi connectivity index (χ0) is 10.7. The van der Waals surface area contributed by atoms with Crippen LogP contribution in [-0.2, 0) is 6.42 Å². The van der Waals surface area contributed by atoms with E-state index in [1.54, 1.807) is 11.8 Å². The van der Waals surface area contributed by atoms with Gasteiger partial charge in [-0.15, -0.1) is 0 Å². The summed E-state index contributed by atoms with van der Waals surface area (Å²) in [7, 11) is 0. The van der Waals surface area contributed by atoms with Crippen LogP contribution in [0.4, 0.5) is 0 Å². The van der Waals surface area contributed by atoms with Crippen molar-refractivity contribution < 1.29 is 9.84 Å². The second-order valence-electron chi connectivity index (χ2n) is 3.49. The number of aliphatic hydroxyl groups is 1. The molecule has 1 aromatic rings. The molecule has 1 atom stereocenters. The molecule has 82 valence electrons. The second-order valence-corrected chi connectivity index (χ2v) is 5.56. The first-order valence-corrected chi connectivity index (χ1v) is 6.88. The molecule has 0 bridgehead atoms. The predicted octanol–water partition coefficient (Wildman–Crippen LogP) is 2.48. The summed E-state index contributed by atoms with van der Waals surface area (Å²) in [6.45, 7) is 0.246. The van der Waals surface area contributed by atoms with Gasteiger partial charge in [-0.05, 0) is 23.8 Å². The lowest BCUT2D eigenvalue weighted by Crippen LogP contribution is -2.16. The highest BCUT2D eigenvalue weighted by atomic mass is 79.9. The van der Waals surface area contributed by atoms with Gasteiger partial charge in [-0.3, -0.25) is 0 Å². The van der Waals surface area contributed by atoms with E-state index in [1.165, 1.54) is 5.56 Å². The van der Waals surface area contributed by atoms with Gasteiger partial charge >= 0.3 is 0 Å². The quantitative estimate of drug-likeness (QED) is 0.864. The van der Waals surface area contributed by atoms with Crippen molar-refractivity contribution >= 4 is 27.7 Å². The number of ether oxygens (including phenoxy) is 1. The maximum absolute atomic E-state index is 8.68. The average Bonchev–Trinajstić information content (AvgIpc) is 2.60. The Morgan fingerprint density at radius 1 is 1.53 bits per heavy atom. The number of fused-ring (bicyclic) bond motifs is 1. The average molecular weight is 289 g/mol. The highest BCUT2D eigenvalue weighted by molar-refractivity contribution is 9.10. The molecule has 1 aliphatic rings. The van der Waals surface area contributed by atoms with Crippen LogP contribution in [0.25, 0.3) is 0 Å². The number of hydrogen-bond donors (Lipinski definition) is 1. The minimum absolute atomic E-state index is 0.246. The van der Waals surface area contributed by atoms with Crippen LogP contribution < -0.4 is 4.74 Å². The number of benzene rings is 1. The Kier molecular flexibility index (Phi) is 3.94. The molecule has 2 rings (SSSR count). The van der Waals surface area contributed by atoms with E-state index in [2.05, 4.69) is 22.0 Å². The van der Waals surface area contributed by atoms with Crippen LogP contribution in [-0.4, -0.2) is 29.3 Å². The molecule has 2 nitrogen and oxygen atoms in total. The molecule has 0 spiro atoms. The molecule has 1 aliphatic heterocycles. The molecule has 4 heteroatoms. The van der Waals surface area contributed by atoms with Gasteiger partial charge in [0.15, 0.2) is 0 Å². The lowest BCUT2D eigenvalue weighted by Gasteiger charge is -2.09. The summed E-state index contributed by atoms with van der Waals surface area (Å²) in [5.74, 6) is 2.75. The zero-order valence-electron chi connectivity index (χ0n) is 8.28. The van der Waals surface area contributed by atoms with Crippen molar-refractivity contribution in [3.05, 3.63) is 28.2 Å². The summed E-state index contributed by atoms with van der Waals surface area (Å²) in [6, 6.07) is 6.13. The minimum Gasteiger partial charge on any atom is -0.489 e. The summed E-state index contributed by atoms with van der Waals surface area (Å²) in [5, 5.41) is 8.68. The Bertz CT molecular complexity index is 343. The third-order valence-electron chi connectivity index (χ3n) is 2.30. The topological polar surface area (TPSA) is 29.5 Å². The van der Waals surface area contributed by atoms with Gasteiger partial charge in [-0.1, -0.05) is 15.9 Å². The van der Waals surface area contributed by atoms with Crippen LogP contribution in [0, 0.1) is 0 Å². The van der Waals surface area contributed by atoms with Crippen molar-refractivity contribution in [3.63, 3.8) is 0 Å². The van der Waals surface area contributed by atoms with Gasteiger partial charge < -0.3 is 9.84 Å². The number of aliphatic hydroxyl groups excluding tert-OH is 1. The Morgan fingerprint density at radius 3 is 3.20 bits per heavy atom. The van der Waals surface area contributed by atoms with Crippen LogP contribution >= 0.6 is 27.7 Å². The predicted molar refractivity (Wildman–Crippen MR) is 66.7 cm³/mol. The van der Waals surface area contributed by atoms with Crippen molar-refractivity contribution in [2.75, 3.05) is 18.1 Å². The molecule has 0 radical (unpaired) electrons. The molecule has 0 saturated carbocycles. The standard InChI is InChI=1S/C11H13BrO2S/c12-9-1-2-11-8(5-9)6-10(14-11)7-15-4-3-13/h1-2,5,10,13H,3-4,6-7H2. The molecule has 15 heavy (non-hydrogen) atoms. The van der Waals surface area contributed by atoms with Gasteiger partial charge in [-0.25, -0.2) is 0 Å². The Hall–Kier alpha value is -0.190. The minimum atomic E-state index is 0.246. The second kappa shape index (κ2) is 5.23. The summed E-state index contributed by atoms with van der Waals surface area (Å²) >= 11 is 5.19. The fourth-order valence-electron chi connectivity index (χ4n) is 1.66. The normalized spacial score (nSPS) is 18.7. The molecule has 1 unspecified atom stereocenters. The summed E-state index contributed by atoms with van der Waals surface area (Å²) in [6.07, 6.45) is 1.25. The molecular formula is C11H13BrO2S. The Balaban J connectivity index is 1.91. The number of halogens is 1. The van der Waals surface area contributed by atoms with Crippen molar-refractivity contribution in [2.45, 2.75) is 12.5 Å². The number of rotatable bonds is 4. The van der Waals surface area contributed by atoms with Gasteiger partial charge in [0.05, 0.1) is 6.61 Å². The lowest BCUT2D eigenvalue weighted by molar-refractivity contribution is 0.259. The molecule has 0 saturated heterocycles. The Morgan fingerprint density at radius 2 is 2.40 bits per heavy atom. The molecule has 0 aromatic heterocycles. The van der Waals surface area contributed by atoms with Gasteiger partial charge in [-0.2, -0.15) is 11.8 Å². The Labute approximate surface area is 102 Å². The summed E-state index contributed by atoms with van der Waals surface area (Å²) in [4.78, 5) is 0. The fraction of sp³-hybridized carbons (Fsp3) is 0.455. The van der Waals surface area contributed by atoms with E-state index in [0.29, 0.717) is 0 Å². The first kappa shape index (κ1) is 11.3. The number of hydrogen-bond acceptors (Lipinski definition) is 3. The molecule has 1 heterocycles. The first-order valence-electron chi connectivity index (χ1n) is 4.93. The van der Waals surface area contributed by atoms with Gasteiger partial charge in [0.1, 0.15) is 11.9 Å². The third kappa shape index (κ3) is 2.89. The molecule has 0 aliphatic carbocycles. The maximum atomic E-state index is 8.68. The lowest BCUT2D eigenvalue weighted by atomic mass is 10.1. The molecule has 0 amide bonds. The van der Waals surface area contributed by atoms with Gasteiger partial charge in [0, 0.05) is 22.4 Å². The van der Waals surface area contributed by atoms with Crippen molar-refractivity contribution in [2.24, 2.45) is 0 Å². The highest BCUT2D eigenvalue weighted by Crippen LogP contribution is 2.32. The molecule has 1 aromatic carbocycles. The molecule has 0 fully saturated rings. The molecule has 1 N–H and O–H groups in total. The van der Waals surface area contributed by atoms with Gasteiger partial charge in [0.2, 0.25) is 0 Å². The maximum Gasteiger partial charge on any atom is 0.123 e. The van der Waals surface area contributed by atoms with E-state index in [0.717, 1.165) is 28.1 Å². The number of thioether (sulfide) groups is 1. The van der Waals surface area contributed by atoms with Crippen LogP contribution in [0.5, 0.6) is 5.75 Å². The van der Waals surface area contributed by atoms with E-state index in [9.17, 15) is 0 Å². The summed E-state index contributed by atoms with van der Waals surface area (Å²) < 4.78 is 6.89. The van der Waals surface area contributed by atoms with E-state index < -0.39 is 0 Å².